The molecule has 3 nitrogen and oxygen atoms in total. The monoisotopic (exact) mass is 266 g/mol. The molecule has 0 aromatic rings. The Hall–Kier alpha value is -0.570. The number of rotatable bonds is 3. The molecule has 3 heteroatoms. The SMILES string of the molecule is C[C@H]1C[C@H](C)CN(CC(=O)NC2CCCCCC2)C1. The minimum absolute atomic E-state index is 0.244. The molecule has 19 heavy (non-hydrogen) atoms. The van der Waals surface area contributed by atoms with Crippen molar-refractivity contribution < 1.29 is 4.79 Å². The second-order valence-corrected chi connectivity index (χ2v) is 6.90. The molecule has 0 bridgehead atoms. The van der Waals surface area contributed by atoms with E-state index >= 15 is 0 Å². The maximum atomic E-state index is 12.2. The summed E-state index contributed by atoms with van der Waals surface area (Å²) in [6, 6.07) is 0.439. The number of piperidine rings is 1. The Balaban J connectivity index is 1.73. The lowest BCUT2D eigenvalue weighted by Crippen LogP contribution is -2.46. The molecule has 2 atom stereocenters. The van der Waals surface area contributed by atoms with Crippen molar-refractivity contribution in [2.45, 2.75) is 64.8 Å². The molecular weight excluding hydrogens is 236 g/mol. The Kier molecular flexibility index (Phi) is 5.68. The highest BCUT2D eigenvalue weighted by molar-refractivity contribution is 5.78. The van der Waals surface area contributed by atoms with Gasteiger partial charge in [0.1, 0.15) is 0 Å². The molecule has 1 saturated carbocycles. The molecule has 0 aromatic carbocycles. The lowest BCUT2D eigenvalue weighted by molar-refractivity contribution is -0.123. The number of carbonyl (C=O) groups excluding carboxylic acids is 1. The third-order valence-corrected chi connectivity index (χ3v) is 4.53. The van der Waals surface area contributed by atoms with E-state index in [-0.39, 0.29) is 5.91 Å². The van der Waals surface area contributed by atoms with Gasteiger partial charge in [0, 0.05) is 19.1 Å². The molecule has 1 saturated heterocycles. The Morgan fingerprint density at radius 2 is 1.63 bits per heavy atom. The van der Waals surface area contributed by atoms with Crippen molar-refractivity contribution in [2.24, 2.45) is 11.8 Å². The van der Waals surface area contributed by atoms with Crippen LogP contribution in [0, 0.1) is 11.8 Å². The van der Waals surface area contributed by atoms with Crippen LogP contribution < -0.4 is 5.32 Å². The van der Waals surface area contributed by atoms with Crippen LogP contribution in [-0.2, 0) is 4.79 Å². The molecule has 0 aromatic heterocycles. The van der Waals surface area contributed by atoms with Crippen LogP contribution in [0.4, 0.5) is 0 Å². The van der Waals surface area contributed by atoms with Crippen molar-refractivity contribution >= 4 is 5.91 Å². The van der Waals surface area contributed by atoms with Gasteiger partial charge in [0.15, 0.2) is 0 Å². The second kappa shape index (κ2) is 7.28. The molecule has 0 unspecified atom stereocenters. The zero-order valence-electron chi connectivity index (χ0n) is 12.7. The fraction of sp³-hybridized carbons (Fsp3) is 0.938. The highest BCUT2D eigenvalue weighted by Gasteiger charge is 2.24. The van der Waals surface area contributed by atoms with Crippen molar-refractivity contribution in [3.8, 4) is 0 Å². The Labute approximate surface area is 118 Å². The number of likely N-dealkylation sites (tertiary alicyclic amines) is 1. The van der Waals surface area contributed by atoms with Gasteiger partial charge in [-0.25, -0.2) is 0 Å². The summed E-state index contributed by atoms with van der Waals surface area (Å²) in [4.78, 5) is 14.5. The topological polar surface area (TPSA) is 32.3 Å². The zero-order chi connectivity index (χ0) is 13.7. The van der Waals surface area contributed by atoms with E-state index in [4.69, 9.17) is 0 Å². The highest BCUT2D eigenvalue weighted by atomic mass is 16.2. The van der Waals surface area contributed by atoms with Gasteiger partial charge in [-0.05, 0) is 31.1 Å². The molecule has 1 aliphatic heterocycles. The molecule has 2 rings (SSSR count). The predicted octanol–water partition coefficient (Wildman–Crippen LogP) is 2.80. The van der Waals surface area contributed by atoms with Gasteiger partial charge < -0.3 is 5.32 Å². The van der Waals surface area contributed by atoms with E-state index in [9.17, 15) is 4.79 Å². The van der Waals surface area contributed by atoms with E-state index in [2.05, 4.69) is 24.1 Å². The fourth-order valence-electron chi connectivity index (χ4n) is 3.82. The first-order chi connectivity index (χ1) is 9.13. The summed E-state index contributed by atoms with van der Waals surface area (Å²) in [6.07, 6.45) is 8.91. The summed E-state index contributed by atoms with van der Waals surface area (Å²) in [7, 11) is 0. The van der Waals surface area contributed by atoms with Crippen LogP contribution in [0.1, 0.15) is 58.8 Å². The quantitative estimate of drug-likeness (QED) is 0.797. The van der Waals surface area contributed by atoms with Crippen molar-refractivity contribution in [1.82, 2.24) is 10.2 Å². The number of nitrogens with one attached hydrogen (secondary N) is 1. The minimum Gasteiger partial charge on any atom is -0.352 e. The summed E-state index contributed by atoms with van der Waals surface area (Å²) < 4.78 is 0. The number of nitrogens with zero attached hydrogens (tertiary/aromatic N) is 1. The van der Waals surface area contributed by atoms with Gasteiger partial charge in [-0.1, -0.05) is 39.5 Å². The Morgan fingerprint density at radius 3 is 2.21 bits per heavy atom. The van der Waals surface area contributed by atoms with Crippen LogP contribution in [0.15, 0.2) is 0 Å². The van der Waals surface area contributed by atoms with E-state index in [1.807, 2.05) is 0 Å². The Bertz CT molecular complexity index is 274. The molecule has 0 spiro atoms. The molecule has 1 heterocycles. The molecule has 2 fully saturated rings. The van der Waals surface area contributed by atoms with Gasteiger partial charge in [-0.15, -0.1) is 0 Å². The fourth-order valence-corrected chi connectivity index (χ4v) is 3.82. The summed E-state index contributed by atoms with van der Waals surface area (Å²) in [5.41, 5.74) is 0. The van der Waals surface area contributed by atoms with Crippen LogP contribution in [0.2, 0.25) is 0 Å². The zero-order valence-corrected chi connectivity index (χ0v) is 12.7. The van der Waals surface area contributed by atoms with Gasteiger partial charge >= 0.3 is 0 Å². The molecule has 0 radical (unpaired) electrons. The highest BCUT2D eigenvalue weighted by Crippen LogP contribution is 2.21. The first-order valence-electron chi connectivity index (χ1n) is 8.15. The van der Waals surface area contributed by atoms with Gasteiger partial charge in [-0.2, -0.15) is 0 Å². The summed E-state index contributed by atoms with van der Waals surface area (Å²) in [5.74, 6) is 1.71. The molecule has 1 aliphatic carbocycles. The first-order valence-corrected chi connectivity index (χ1v) is 8.15. The number of carbonyl (C=O) groups is 1. The number of hydrogen-bond donors (Lipinski definition) is 1. The first kappa shape index (κ1) is 14.8. The maximum absolute atomic E-state index is 12.2. The van der Waals surface area contributed by atoms with E-state index in [1.165, 1.54) is 44.9 Å². The average Bonchev–Trinajstić information content (AvgIpc) is 2.55. The third kappa shape index (κ3) is 5.13. The third-order valence-electron chi connectivity index (χ3n) is 4.53. The molecule has 1 amide bonds. The van der Waals surface area contributed by atoms with Gasteiger partial charge in [0.2, 0.25) is 5.91 Å². The van der Waals surface area contributed by atoms with Crippen molar-refractivity contribution in [3.05, 3.63) is 0 Å². The normalized spacial score (nSPS) is 30.8. The smallest absolute Gasteiger partial charge is 0.234 e. The summed E-state index contributed by atoms with van der Waals surface area (Å²) >= 11 is 0. The minimum atomic E-state index is 0.244. The summed E-state index contributed by atoms with van der Waals surface area (Å²) in [5, 5.41) is 3.26. The van der Waals surface area contributed by atoms with Crippen molar-refractivity contribution in [2.75, 3.05) is 19.6 Å². The van der Waals surface area contributed by atoms with Crippen molar-refractivity contribution in [1.29, 1.82) is 0 Å². The largest absolute Gasteiger partial charge is 0.352 e. The lowest BCUT2D eigenvalue weighted by Gasteiger charge is -2.34. The lowest BCUT2D eigenvalue weighted by atomic mass is 9.92. The van der Waals surface area contributed by atoms with Crippen molar-refractivity contribution in [3.63, 3.8) is 0 Å². The second-order valence-electron chi connectivity index (χ2n) is 6.90. The van der Waals surface area contributed by atoms with E-state index in [0.717, 1.165) is 24.9 Å². The molecule has 110 valence electrons. The van der Waals surface area contributed by atoms with Crippen LogP contribution in [0.3, 0.4) is 0 Å². The number of amides is 1. The van der Waals surface area contributed by atoms with Gasteiger partial charge in [0.25, 0.3) is 0 Å². The van der Waals surface area contributed by atoms with Crippen LogP contribution in [0.5, 0.6) is 0 Å². The molecular formula is C16H30N2O. The van der Waals surface area contributed by atoms with Crippen LogP contribution in [0.25, 0.3) is 0 Å². The number of hydrogen-bond acceptors (Lipinski definition) is 2. The van der Waals surface area contributed by atoms with Gasteiger partial charge in [0.05, 0.1) is 6.54 Å². The maximum Gasteiger partial charge on any atom is 0.234 e. The standard InChI is InChI=1S/C16H30N2O/c1-13-9-14(2)11-18(10-13)12-16(19)17-15-7-5-3-4-6-8-15/h13-15H,3-12H2,1-2H3,(H,17,19)/t13-,14-/m0/s1. The van der Waals surface area contributed by atoms with Crippen LogP contribution in [-0.4, -0.2) is 36.5 Å². The summed E-state index contributed by atoms with van der Waals surface area (Å²) in [6.45, 7) is 7.37. The molecule has 2 aliphatic rings. The predicted molar refractivity (Wildman–Crippen MR) is 79.0 cm³/mol. The molecule has 1 N–H and O–H groups in total. The van der Waals surface area contributed by atoms with E-state index < -0.39 is 0 Å². The average molecular weight is 266 g/mol. The van der Waals surface area contributed by atoms with Gasteiger partial charge in [-0.3, -0.25) is 9.69 Å². The Morgan fingerprint density at radius 1 is 1.05 bits per heavy atom. The van der Waals surface area contributed by atoms with Crippen LogP contribution >= 0.6 is 0 Å². The van der Waals surface area contributed by atoms with E-state index in [0.29, 0.717) is 12.6 Å². The van der Waals surface area contributed by atoms with E-state index in [1.54, 1.807) is 0 Å².